The van der Waals surface area contributed by atoms with Gasteiger partial charge in [-0.05, 0) is 49.1 Å². The molecule has 1 fully saturated rings. The van der Waals surface area contributed by atoms with Crippen LogP contribution in [0, 0.1) is 0 Å². The van der Waals surface area contributed by atoms with Crippen LogP contribution in [0.3, 0.4) is 0 Å². The number of benzene rings is 2. The number of fused-ring (bicyclic) bond motifs is 1. The third-order valence-corrected chi connectivity index (χ3v) is 7.73. The summed E-state index contributed by atoms with van der Waals surface area (Å²) in [6, 6.07) is 19.8. The first-order chi connectivity index (χ1) is 19.4. The van der Waals surface area contributed by atoms with Gasteiger partial charge in [-0.1, -0.05) is 42.5 Å². The fourth-order valence-corrected chi connectivity index (χ4v) is 5.34. The smallest absolute Gasteiger partial charge is 0.264 e. The molecule has 0 spiro atoms. The van der Waals surface area contributed by atoms with E-state index in [0.29, 0.717) is 43.4 Å². The van der Waals surface area contributed by atoms with Crippen molar-refractivity contribution in [1.29, 1.82) is 0 Å². The predicted octanol–water partition coefficient (Wildman–Crippen LogP) is 3.45. The first kappa shape index (κ1) is 25.7. The van der Waals surface area contributed by atoms with Gasteiger partial charge in [0.15, 0.2) is 5.65 Å². The highest BCUT2D eigenvalue weighted by molar-refractivity contribution is 5.77. The zero-order valence-corrected chi connectivity index (χ0v) is 22.3. The van der Waals surface area contributed by atoms with E-state index < -0.39 is 5.60 Å². The van der Waals surface area contributed by atoms with Gasteiger partial charge in [0.2, 0.25) is 5.91 Å². The van der Waals surface area contributed by atoms with E-state index in [4.69, 9.17) is 0 Å². The molecule has 3 aromatic heterocycles. The second kappa shape index (κ2) is 10.5. The lowest BCUT2D eigenvalue weighted by Crippen LogP contribution is -2.49. The minimum absolute atomic E-state index is 0.0366. The molecular weight excluding hydrogens is 506 g/mol. The van der Waals surface area contributed by atoms with E-state index >= 15 is 0 Å². The largest absolute Gasteiger partial charge is 0.388 e. The highest BCUT2D eigenvalue weighted by atomic mass is 16.3. The third kappa shape index (κ3) is 5.05. The molecule has 1 N–H and O–H groups in total. The maximum Gasteiger partial charge on any atom is 0.264 e. The Morgan fingerprint density at radius 2 is 1.73 bits per heavy atom. The van der Waals surface area contributed by atoms with Crippen molar-refractivity contribution in [2.45, 2.75) is 44.4 Å². The number of hydrogen-bond donors (Lipinski definition) is 1. The SMILES string of the molecule is CC(CC(=O)N1CCC(O)(Cn2cnc3c(cnn3-c3ccc(-c4ccccc4)cc3)c2=O)CC1)n1cccn1. The molecule has 0 radical (unpaired) electrons. The van der Waals surface area contributed by atoms with Crippen molar-refractivity contribution in [2.75, 3.05) is 13.1 Å². The molecule has 1 unspecified atom stereocenters. The Bertz CT molecular complexity index is 1670. The van der Waals surface area contributed by atoms with Crippen LogP contribution in [0.15, 0.2) is 90.4 Å². The van der Waals surface area contributed by atoms with Gasteiger partial charge < -0.3 is 10.0 Å². The molecule has 10 nitrogen and oxygen atoms in total. The molecule has 1 saturated heterocycles. The summed E-state index contributed by atoms with van der Waals surface area (Å²) in [6.07, 6.45) is 7.66. The highest BCUT2D eigenvalue weighted by Crippen LogP contribution is 2.26. The maximum atomic E-state index is 13.3. The van der Waals surface area contributed by atoms with Crippen LogP contribution in [-0.4, -0.2) is 63.7 Å². The Morgan fingerprint density at radius 3 is 2.42 bits per heavy atom. The van der Waals surface area contributed by atoms with Crippen LogP contribution in [0.5, 0.6) is 0 Å². The lowest BCUT2D eigenvalue weighted by atomic mass is 9.91. The van der Waals surface area contributed by atoms with Crippen molar-refractivity contribution in [3.63, 3.8) is 0 Å². The normalized spacial score (nSPS) is 15.8. The molecule has 0 aliphatic carbocycles. The fourth-order valence-electron chi connectivity index (χ4n) is 5.34. The summed E-state index contributed by atoms with van der Waals surface area (Å²) in [4.78, 5) is 32.5. The summed E-state index contributed by atoms with van der Waals surface area (Å²) >= 11 is 0. The van der Waals surface area contributed by atoms with Crippen molar-refractivity contribution in [3.05, 3.63) is 95.9 Å². The Kier molecular flexibility index (Phi) is 6.77. The number of piperidine rings is 1. The zero-order valence-electron chi connectivity index (χ0n) is 22.3. The van der Waals surface area contributed by atoms with Crippen LogP contribution in [0.25, 0.3) is 27.8 Å². The molecule has 0 bridgehead atoms. The molecule has 4 heterocycles. The van der Waals surface area contributed by atoms with E-state index in [1.807, 2.05) is 61.7 Å². The minimum Gasteiger partial charge on any atom is -0.388 e. The van der Waals surface area contributed by atoms with Gasteiger partial charge in [-0.3, -0.25) is 18.8 Å². The molecule has 1 atom stereocenters. The third-order valence-electron chi connectivity index (χ3n) is 7.73. The monoisotopic (exact) mass is 537 g/mol. The van der Waals surface area contributed by atoms with Crippen LogP contribution in [0.4, 0.5) is 0 Å². The first-order valence-electron chi connectivity index (χ1n) is 13.5. The Balaban J connectivity index is 1.13. The summed E-state index contributed by atoms with van der Waals surface area (Å²) in [6.45, 7) is 2.94. The number of carbonyl (C=O) groups excluding carboxylic acids is 1. The quantitative estimate of drug-likeness (QED) is 0.341. The van der Waals surface area contributed by atoms with Crippen LogP contribution in [-0.2, 0) is 11.3 Å². The fraction of sp³-hybridized carbons (Fsp3) is 0.300. The van der Waals surface area contributed by atoms with E-state index in [1.54, 1.807) is 20.5 Å². The average Bonchev–Trinajstić information content (AvgIpc) is 3.67. The van der Waals surface area contributed by atoms with Crippen LogP contribution >= 0.6 is 0 Å². The lowest BCUT2D eigenvalue weighted by Gasteiger charge is -2.38. The molecule has 10 heteroatoms. The molecule has 204 valence electrons. The predicted molar refractivity (Wildman–Crippen MR) is 151 cm³/mol. The topological polar surface area (TPSA) is 111 Å². The van der Waals surface area contributed by atoms with Crippen molar-refractivity contribution >= 4 is 16.9 Å². The van der Waals surface area contributed by atoms with Gasteiger partial charge in [-0.2, -0.15) is 10.2 Å². The van der Waals surface area contributed by atoms with Gasteiger partial charge in [0.25, 0.3) is 5.56 Å². The molecular formula is C30H31N7O3. The van der Waals surface area contributed by atoms with Gasteiger partial charge in [0, 0.05) is 31.9 Å². The lowest BCUT2D eigenvalue weighted by molar-refractivity contribution is -0.136. The summed E-state index contributed by atoms with van der Waals surface area (Å²) in [5, 5.41) is 20.3. The Hall–Kier alpha value is -4.57. The number of nitrogens with zero attached hydrogens (tertiary/aromatic N) is 7. The summed E-state index contributed by atoms with van der Waals surface area (Å²) in [5.74, 6) is 0.0366. The van der Waals surface area contributed by atoms with Gasteiger partial charge in [0.05, 0.1) is 30.1 Å². The van der Waals surface area contributed by atoms with E-state index in [1.165, 1.54) is 17.1 Å². The number of aromatic nitrogens is 6. The van der Waals surface area contributed by atoms with Gasteiger partial charge >= 0.3 is 0 Å². The summed E-state index contributed by atoms with van der Waals surface area (Å²) in [7, 11) is 0. The van der Waals surface area contributed by atoms with Gasteiger partial charge in [-0.15, -0.1) is 0 Å². The maximum absolute atomic E-state index is 13.3. The number of likely N-dealkylation sites (tertiary alicyclic amines) is 1. The number of hydrogen-bond acceptors (Lipinski definition) is 6. The molecule has 0 saturated carbocycles. The molecule has 1 amide bonds. The second-order valence-electron chi connectivity index (χ2n) is 10.5. The molecule has 1 aliphatic heterocycles. The number of carbonyl (C=O) groups is 1. The van der Waals surface area contributed by atoms with Gasteiger partial charge in [0.1, 0.15) is 11.7 Å². The van der Waals surface area contributed by atoms with Gasteiger partial charge in [-0.25, -0.2) is 9.67 Å². The molecule has 40 heavy (non-hydrogen) atoms. The average molecular weight is 538 g/mol. The van der Waals surface area contributed by atoms with Crippen molar-refractivity contribution in [2.24, 2.45) is 0 Å². The van der Waals surface area contributed by atoms with Crippen molar-refractivity contribution in [3.8, 4) is 16.8 Å². The number of amides is 1. The highest BCUT2D eigenvalue weighted by Gasteiger charge is 2.35. The van der Waals surface area contributed by atoms with Crippen molar-refractivity contribution < 1.29 is 9.90 Å². The Morgan fingerprint density at radius 1 is 1.00 bits per heavy atom. The number of rotatable bonds is 7. The standard InChI is InChI=1S/C30H31N7O3/c1-22(36-15-5-14-32-36)18-27(38)34-16-12-30(40,13-17-34)20-35-21-31-28-26(29(35)39)19-33-37(28)25-10-8-24(9-11-25)23-6-3-2-4-7-23/h2-11,14-15,19,21-22,40H,12-13,16-18,20H2,1H3. The van der Waals surface area contributed by atoms with E-state index in [9.17, 15) is 14.7 Å². The van der Waals surface area contributed by atoms with E-state index in [-0.39, 0.29) is 24.1 Å². The van der Waals surface area contributed by atoms with Crippen molar-refractivity contribution in [1.82, 2.24) is 34.0 Å². The van der Waals surface area contributed by atoms with E-state index in [2.05, 4.69) is 27.3 Å². The minimum atomic E-state index is -1.10. The summed E-state index contributed by atoms with van der Waals surface area (Å²) in [5.41, 5.74) is 2.12. The molecule has 2 aromatic carbocycles. The summed E-state index contributed by atoms with van der Waals surface area (Å²) < 4.78 is 4.87. The van der Waals surface area contributed by atoms with Crippen LogP contribution in [0.2, 0.25) is 0 Å². The van der Waals surface area contributed by atoms with Crippen LogP contribution < -0.4 is 5.56 Å². The zero-order chi connectivity index (χ0) is 27.7. The number of aliphatic hydroxyl groups is 1. The van der Waals surface area contributed by atoms with Crippen LogP contribution in [0.1, 0.15) is 32.2 Å². The first-order valence-corrected chi connectivity index (χ1v) is 13.5. The molecule has 5 aromatic rings. The van der Waals surface area contributed by atoms with E-state index in [0.717, 1.165) is 16.8 Å². The molecule has 6 rings (SSSR count). The Labute approximate surface area is 231 Å². The second-order valence-corrected chi connectivity index (χ2v) is 10.5. The molecule has 1 aliphatic rings.